The minimum absolute atomic E-state index is 0.223. The second kappa shape index (κ2) is 4.02. The summed E-state index contributed by atoms with van der Waals surface area (Å²) in [6.45, 7) is 0. The molecule has 5 nitrogen and oxygen atoms in total. The van der Waals surface area contributed by atoms with Crippen molar-refractivity contribution in [3.05, 3.63) is 11.8 Å². The van der Waals surface area contributed by atoms with Gasteiger partial charge < -0.3 is 14.7 Å². The van der Waals surface area contributed by atoms with E-state index in [4.69, 9.17) is 9.84 Å². The normalized spacial score (nSPS) is 18.5. The Balaban J connectivity index is 2.92. The monoisotopic (exact) mass is 213 g/mol. The average molecular weight is 213 g/mol. The molecule has 15 heavy (non-hydrogen) atoms. The van der Waals surface area contributed by atoms with Crippen molar-refractivity contribution < 1.29 is 19.4 Å². The molecule has 0 spiro atoms. The Morgan fingerprint density at radius 1 is 1.40 bits per heavy atom. The molecule has 1 aliphatic rings. The lowest BCUT2D eigenvalue weighted by Gasteiger charge is -2.14. The maximum absolute atomic E-state index is 11.8. The zero-order valence-corrected chi connectivity index (χ0v) is 9.11. The molecule has 0 aromatic carbocycles. The van der Waals surface area contributed by atoms with Gasteiger partial charge in [0.15, 0.2) is 0 Å². The Morgan fingerprint density at radius 3 is 2.20 bits per heavy atom. The third-order valence-corrected chi connectivity index (χ3v) is 2.37. The predicted octanol–water partition coefficient (Wildman–Crippen LogP) is 0.265. The van der Waals surface area contributed by atoms with Crippen LogP contribution in [0.2, 0.25) is 0 Å². The Morgan fingerprint density at radius 2 is 1.93 bits per heavy atom. The van der Waals surface area contributed by atoms with Crippen molar-refractivity contribution in [3.63, 3.8) is 0 Å². The molecule has 84 valence electrons. The van der Waals surface area contributed by atoms with E-state index in [2.05, 4.69) is 0 Å². The van der Waals surface area contributed by atoms with Crippen LogP contribution in [0.4, 0.5) is 0 Å². The van der Waals surface area contributed by atoms with Crippen molar-refractivity contribution in [2.45, 2.75) is 18.4 Å². The van der Waals surface area contributed by atoms with Crippen molar-refractivity contribution >= 4 is 11.8 Å². The maximum atomic E-state index is 11.8. The zero-order chi connectivity index (χ0) is 11.6. The summed E-state index contributed by atoms with van der Waals surface area (Å²) >= 11 is 0. The number of nitrogens with zero attached hydrogens (tertiary/aromatic N) is 1. The largest absolute Gasteiger partial charge is 0.478 e. The summed E-state index contributed by atoms with van der Waals surface area (Å²) in [7, 11) is 4.77. The molecule has 0 aliphatic heterocycles. The van der Waals surface area contributed by atoms with Crippen LogP contribution in [-0.2, 0) is 14.3 Å². The molecule has 5 heteroatoms. The van der Waals surface area contributed by atoms with Crippen molar-refractivity contribution in [3.8, 4) is 0 Å². The molecule has 0 radical (unpaired) electrons. The fourth-order valence-electron chi connectivity index (χ4n) is 1.35. The lowest BCUT2D eigenvalue weighted by molar-refractivity contribution is -0.137. The van der Waals surface area contributed by atoms with Gasteiger partial charge >= 0.3 is 5.97 Å². The molecule has 0 aromatic rings. The van der Waals surface area contributed by atoms with E-state index in [9.17, 15) is 9.59 Å². The van der Waals surface area contributed by atoms with Crippen molar-refractivity contribution in [1.29, 1.82) is 0 Å². The smallest absolute Gasteiger partial charge is 0.340 e. The molecule has 0 aromatic heterocycles. The number of ether oxygens (including phenoxy) is 1. The van der Waals surface area contributed by atoms with Gasteiger partial charge in [0.25, 0.3) is 0 Å². The first-order valence-corrected chi connectivity index (χ1v) is 4.64. The minimum Gasteiger partial charge on any atom is -0.478 e. The number of Topliss-reactive ketones (excluding diaryl/α,β-unsaturated/α-hetero) is 1. The summed E-state index contributed by atoms with van der Waals surface area (Å²) in [6.07, 6.45) is 2.50. The molecule has 1 saturated carbocycles. The molecule has 0 atom stereocenters. The van der Waals surface area contributed by atoms with Crippen LogP contribution in [-0.4, -0.2) is 48.6 Å². The van der Waals surface area contributed by atoms with Gasteiger partial charge in [0, 0.05) is 27.4 Å². The van der Waals surface area contributed by atoms with Crippen LogP contribution >= 0.6 is 0 Å². The minimum atomic E-state index is -1.21. The Labute approximate surface area is 88.3 Å². The van der Waals surface area contributed by atoms with E-state index in [-0.39, 0.29) is 5.57 Å². The van der Waals surface area contributed by atoms with Crippen LogP contribution in [0.1, 0.15) is 12.8 Å². The number of aliphatic carboxylic acids is 1. The number of carboxylic acids is 1. The maximum Gasteiger partial charge on any atom is 0.340 e. The molecule has 0 unspecified atom stereocenters. The van der Waals surface area contributed by atoms with E-state index >= 15 is 0 Å². The van der Waals surface area contributed by atoms with Crippen LogP contribution in [0.25, 0.3) is 0 Å². The van der Waals surface area contributed by atoms with Gasteiger partial charge in [-0.2, -0.15) is 0 Å². The topological polar surface area (TPSA) is 66.8 Å². The molecule has 0 saturated heterocycles. The van der Waals surface area contributed by atoms with Crippen LogP contribution in [0, 0.1) is 0 Å². The number of carboxylic acid groups (broad SMARTS) is 1. The fraction of sp³-hybridized carbons (Fsp3) is 0.600. The zero-order valence-electron chi connectivity index (χ0n) is 9.11. The average Bonchev–Trinajstić information content (AvgIpc) is 2.93. The molecule has 1 rings (SSSR count). The van der Waals surface area contributed by atoms with Gasteiger partial charge in [-0.3, -0.25) is 4.79 Å². The van der Waals surface area contributed by atoms with Gasteiger partial charge in [-0.15, -0.1) is 0 Å². The van der Waals surface area contributed by atoms with Gasteiger partial charge in [0.1, 0.15) is 11.2 Å². The molecule has 1 aliphatic carbocycles. The number of carbonyl (C=O) groups excluding carboxylic acids is 1. The molecule has 0 bridgehead atoms. The number of hydrogen-bond donors (Lipinski definition) is 1. The Bertz CT molecular complexity index is 315. The second-order valence-corrected chi connectivity index (χ2v) is 3.84. The number of hydrogen-bond acceptors (Lipinski definition) is 4. The van der Waals surface area contributed by atoms with Crippen LogP contribution < -0.4 is 0 Å². The number of rotatable bonds is 5. The predicted molar refractivity (Wildman–Crippen MR) is 53.4 cm³/mol. The summed E-state index contributed by atoms with van der Waals surface area (Å²) in [5.41, 5.74) is -1.10. The summed E-state index contributed by atoms with van der Waals surface area (Å²) in [4.78, 5) is 24.3. The fourth-order valence-corrected chi connectivity index (χ4v) is 1.35. The van der Waals surface area contributed by atoms with E-state index in [1.54, 1.807) is 14.1 Å². The molecule has 1 N–H and O–H groups in total. The third kappa shape index (κ3) is 2.36. The first kappa shape index (κ1) is 11.7. The summed E-state index contributed by atoms with van der Waals surface area (Å²) in [5.74, 6) is -1.65. The SMILES string of the molecule is COC1(C(=O)/C(=C/N(C)C)C(=O)O)CC1. The molecular weight excluding hydrogens is 198 g/mol. The van der Waals surface area contributed by atoms with Gasteiger partial charge in [-0.05, 0) is 12.8 Å². The van der Waals surface area contributed by atoms with E-state index in [1.807, 2.05) is 0 Å². The second-order valence-electron chi connectivity index (χ2n) is 3.84. The summed E-state index contributed by atoms with van der Waals surface area (Å²) in [6, 6.07) is 0. The number of methoxy groups -OCH3 is 1. The Hall–Kier alpha value is -1.36. The molecule has 0 heterocycles. The van der Waals surface area contributed by atoms with E-state index in [1.165, 1.54) is 18.2 Å². The Kier molecular flexibility index (Phi) is 3.14. The van der Waals surface area contributed by atoms with Crippen molar-refractivity contribution in [1.82, 2.24) is 4.90 Å². The molecule has 1 fully saturated rings. The summed E-state index contributed by atoms with van der Waals surface area (Å²) in [5, 5.41) is 8.91. The lowest BCUT2D eigenvalue weighted by atomic mass is 10.1. The van der Waals surface area contributed by atoms with Crippen LogP contribution in [0.5, 0.6) is 0 Å². The molecular formula is C10H15NO4. The quantitative estimate of drug-likeness (QED) is 0.403. The third-order valence-electron chi connectivity index (χ3n) is 2.37. The first-order chi connectivity index (χ1) is 6.93. The standard InChI is InChI=1S/C10H15NO4/c1-11(2)6-7(9(13)14)8(12)10(15-3)4-5-10/h6H,4-5H2,1-3H3,(H,13,14)/b7-6-. The van der Waals surface area contributed by atoms with Crippen molar-refractivity contribution in [2.24, 2.45) is 0 Å². The van der Waals surface area contributed by atoms with Gasteiger partial charge in [0.2, 0.25) is 5.78 Å². The van der Waals surface area contributed by atoms with Gasteiger partial charge in [-0.1, -0.05) is 0 Å². The lowest BCUT2D eigenvalue weighted by Crippen LogP contribution is -2.30. The van der Waals surface area contributed by atoms with Crippen LogP contribution in [0.3, 0.4) is 0 Å². The van der Waals surface area contributed by atoms with E-state index in [0.717, 1.165) is 0 Å². The van der Waals surface area contributed by atoms with Gasteiger partial charge in [0.05, 0.1) is 0 Å². The van der Waals surface area contributed by atoms with Crippen molar-refractivity contribution in [2.75, 3.05) is 21.2 Å². The highest BCUT2D eigenvalue weighted by Crippen LogP contribution is 2.41. The number of carbonyl (C=O) groups is 2. The highest BCUT2D eigenvalue weighted by atomic mass is 16.5. The van der Waals surface area contributed by atoms with E-state index in [0.29, 0.717) is 12.8 Å². The number of ketones is 1. The van der Waals surface area contributed by atoms with E-state index < -0.39 is 17.4 Å². The molecule has 0 amide bonds. The first-order valence-electron chi connectivity index (χ1n) is 4.64. The summed E-state index contributed by atoms with van der Waals surface area (Å²) < 4.78 is 5.05. The van der Waals surface area contributed by atoms with Gasteiger partial charge in [-0.25, -0.2) is 4.79 Å². The highest BCUT2D eigenvalue weighted by Gasteiger charge is 2.52. The highest BCUT2D eigenvalue weighted by molar-refractivity contribution is 6.20. The van der Waals surface area contributed by atoms with Crippen LogP contribution in [0.15, 0.2) is 11.8 Å².